The fraction of sp³-hybridized carbons (Fsp3) is 0.0455. The maximum absolute atomic E-state index is 8.57. The number of hydrogen-bond acceptors (Lipinski definition) is 1. The van der Waals surface area contributed by atoms with E-state index in [1.54, 1.807) is 0 Å². The molecule has 0 fully saturated rings. The first-order valence-electron chi connectivity index (χ1n) is 7.85. The Labute approximate surface area is 142 Å². The minimum absolute atomic E-state index is 0.448. The van der Waals surface area contributed by atoms with Gasteiger partial charge in [-0.1, -0.05) is 78.6 Å². The second-order valence-electron chi connectivity index (χ2n) is 5.30. The first kappa shape index (κ1) is 15.6. The summed E-state index contributed by atoms with van der Waals surface area (Å²) >= 11 is 0. The summed E-state index contributed by atoms with van der Waals surface area (Å²) in [4.78, 5) is 1.92. The van der Waals surface area contributed by atoms with Crippen LogP contribution in [0.3, 0.4) is 0 Å². The van der Waals surface area contributed by atoms with Crippen LogP contribution < -0.4 is 4.90 Å². The predicted molar refractivity (Wildman–Crippen MR) is 100 cm³/mol. The molecule has 0 aliphatic heterocycles. The second-order valence-corrected chi connectivity index (χ2v) is 5.30. The molecule has 2 nitrogen and oxygen atoms in total. The highest BCUT2D eigenvalue weighted by Crippen LogP contribution is 2.16. The maximum atomic E-state index is 8.57. The van der Waals surface area contributed by atoms with E-state index in [-0.39, 0.29) is 0 Å². The van der Waals surface area contributed by atoms with Crippen molar-refractivity contribution in [2.45, 2.75) is 0 Å². The molecule has 0 unspecified atom stereocenters. The summed E-state index contributed by atoms with van der Waals surface area (Å²) in [6, 6.07) is 29.6. The number of anilines is 1. The van der Waals surface area contributed by atoms with Gasteiger partial charge in [0.25, 0.3) is 0 Å². The summed E-state index contributed by atoms with van der Waals surface area (Å²) in [6.07, 6.45) is 0. The summed E-state index contributed by atoms with van der Waals surface area (Å²) < 4.78 is 0. The predicted octanol–water partition coefficient (Wildman–Crippen LogP) is 4.57. The van der Waals surface area contributed by atoms with Crippen molar-refractivity contribution in [3.63, 3.8) is 0 Å². The number of benzene rings is 3. The van der Waals surface area contributed by atoms with Gasteiger partial charge in [-0.25, -0.2) is 0 Å². The lowest BCUT2D eigenvalue weighted by Gasteiger charge is -2.23. The molecule has 0 amide bonds. The number of para-hydroxylation sites is 1. The monoisotopic (exact) mass is 310 g/mol. The average Bonchev–Trinajstić information content (AvgIpc) is 2.67. The Balaban J connectivity index is 1.86. The highest BCUT2D eigenvalue weighted by molar-refractivity contribution is 6.08. The molecular weight excluding hydrogens is 292 g/mol. The highest BCUT2D eigenvalue weighted by Gasteiger charge is 2.12. The maximum Gasteiger partial charge on any atom is 0.133 e. The topological polar surface area (TPSA) is 27.1 Å². The molecule has 0 aromatic heterocycles. The number of nitrogens with zero attached hydrogens (tertiary/aromatic N) is 1. The molecule has 0 spiro atoms. The zero-order valence-electron chi connectivity index (χ0n) is 13.3. The third-order valence-corrected chi connectivity index (χ3v) is 3.63. The second kappa shape index (κ2) is 7.80. The van der Waals surface area contributed by atoms with E-state index in [9.17, 15) is 0 Å². The Hall–Kier alpha value is -3.31. The van der Waals surface area contributed by atoms with Crippen LogP contribution in [-0.4, -0.2) is 12.4 Å². The molecule has 0 aliphatic carbocycles. The zero-order chi connectivity index (χ0) is 16.6. The van der Waals surface area contributed by atoms with Crippen molar-refractivity contribution in [2.24, 2.45) is 0 Å². The van der Waals surface area contributed by atoms with Crippen LogP contribution in [0.4, 0.5) is 5.69 Å². The van der Waals surface area contributed by atoms with Crippen molar-refractivity contribution in [3.8, 4) is 11.8 Å². The molecule has 0 atom stereocenters. The molecule has 0 aliphatic rings. The molecule has 0 saturated carbocycles. The Morgan fingerprint density at radius 3 is 1.92 bits per heavy atom. The molecule has 116 valence electrons. The average molecular weight is 310 g/mol. The molecule has 3 aromatic carbocycles. The van der Waals surface area contributed by atoms with Gasteiger partial charge in [0.15, 0.2) is 0 Å². The van der Waals surface area contributed by atoms with Crippen molar-refractivity contribution in [1.82, 2.24) is 0 Å². The first-order valence-corrected chi connectivity index (χ1v) is 7.85. The third kappa shape index (κ3) is 3.91. The van der Waals surface area contributed by atoms with E-state index in [1.165, 1.54) is 0 Å². The Morgan fingerprint density at radius 1 is 0.750 bits per heavy atom. The Morgan fingerprint density at radius 2 is 1.29 bits per heavy atom. The van der Waals surface area contributed by atoms with Gasteiger partial charge in [0.2, 0.25) is 0 Å². The number of nitrogens with one attached hydrogen (secondary N) is 1. The molecule has 1 N–H and O–H groups in total. The molecule has 3 aromatic rings. The van der Waals surface area contributed by atoms with Gasteiger partial charge in [-0.15, -0.1) is 0 Å². The van der Waals surface area contributed by atoms with Gasteiger partial charge in [0.05, 0.1) is 6.54 Å². The lowest BCUT2D eigenvalue weighted by molar-refractivity contribution is 1.14. The SMILES string of the molecule is N=C(c1ccccc1)N(CC#Cc1ccccc1)c1ccccc1. The van der Waals surface area contributed by atoms with Gasteiger partial charge < -0.3 is 4.90 Å². The van der Waals surface area contributed by atoms with Crippen LogP contribution in [-0.2, 0) is 0 Å². The van der Waals surface area contributed by atoms with Crippen LogP contribution in [0.25, 0.3) is 0 Å². The lowest BCUT2D eigenvalue weighted by atomic mass is 10.1. The number of hydrogen-bond donors (Lipinski definition) is 1. The fourth-order valence-electron chi connectivity index (χ4n) is 2.40. The van der Waals surface area contributed by atoms with Crippen LogP contribution in [0, 0.1) is 17.3 Å². The van der Waals surface area contributed by atoms with E-state index in [2.05, 4.69) is 11.8 Å². The van der Waals surface area contributed by atoms with Crippen LogP contribution in [0.2, 0.25) is 0 Å². The molecule has 3 rings (SSSR count). The smallest absolute Gasteiger partial charge is 0.133 e. The van der Waals surface area contributed by atoms with E-state index >= 15 is 0 Å². The molecule has 2 heteroatoms. The largest absolute Gasteiger partial charge is 0.315 e. The molecule has 0 saturated heterocycles. The Kier molecular flexibility index (Phi) is 5.07. The molecule has 0 bridgehead atoms. The van der Waals surface area contributed by atoms with E-state index in [4.69, 9.17) is 5.41 Å². The zero-order valence-corrected chi connectivity index (χ0v) is 13.3. The van der Waals surface area contributed by atoms with E-state index in [1.807, 2.05) is 95.9 Å². The van der Waals surface area contributed by atoms with Crippen molar-refractivity contribution in [2.75, 3.05) is 11.4 Å². The van der Waals surface area contributed by atoms with Crippen LogP contribution in [0.5, 0.6) is 0 Å². The number of rotatable bonds is 3. The van der Waals surface area contributed by atoms with E-state index < -0.39 is 0 Å². The summed E-state index contributed by atoms with van der Waals surface area (Å²) in [5.74, 6) is 6.80. The van der Waals surface area contributed by atoms with Crippen molar-refractivity contribution < 1.29 is 0 Å². The summed E-state index contributed by atoms with van der Waals surface area (Å²) in [6.45, 7) is 0.465. The van der Waals surface area contributed by atoms with Gasteiger partial charge in [-0.2, -0.15) is 0 Å². The summed E-state index contributed by atoms with van der Waals surface area (Å²) in [5.41, 5.74) is 2.83. The minimum Gasteiger partial charge on any atom is -0.315 e. The van der Waals surface area contributed by atoms with Gasteiger partial charge in [-0.3, -0.25) is 5.41 Å². The van der Waals surface area contributed by atoms with Gasteiger partial charge >= 0.3 is 0 Å². The molecular formula is C22H18N2. The highest BCUT2D eigenvalue weighted by atomic mass is 15.2. The lowest BCUT2D eigenvalue weighted by Crippen LogP contribution is -2.31. The van der Waals surface area contributed by atoms with E-state index in [0.717, 1.165) is 16.8 Å². The molecule has 0 radical (unpaired) electrons. The van der Waals surface area contributed by atoms with Crippen LogP contribution in [0.1, 0.15) is 11.1 Å². The molecule has 24 heavy (non-hydrogen) atoms. The van der Waals surface area contributed by atoms with Crippen molar-refractivity contribution >= 4 is 11.5 Å². The minimum atomic E-state index is 0.448. The standard InChI is InChI=1S/C22H18N2/c23-22(20-14-6-2-7-15-20)24(21-16-8-3-9-17-21)18-10-13-19-11-4-1-5-12-19/h1-9,11-12,14-17,23H,18H2. The normalized spacial score (nSPS) is 9.67. The van der Waals surface area contributed by atoms with Gasteiger partial charge in [0.1, 0.15) is 5.84 Å². The Bertz CT molecular complexity index is 844. The van der Waals surface area contributed by atoms with E-state index in [0.29, 0.717) is 12.4 Å². The summed E-state index contributed by atoms with van der Waals surface area (Å²) in [7, 11) is 0. The van der Waals surface area contributed by atoms with Crippen LogP contribution in [0.15, 0.2) is 91.0 Å². The third-order valence-electron chi connectivity index (χ3n) is 3.63. The van der Waals surface area contributed by atoms with Crippen molar-refractivity contribution in [1.29, 1.82) is 5.41 Å². The molecule has 0 heterocycles. The van der Waals surface area contributed by atoms with Crippen molar-refractivity contribution in [3.05, 3.63) is 102 Å². The summed E-state index contributed by atoms with van der Waals surface area (Å²) in [5, 5.41) is 8.57. The van der Waals surface area contributed by atoms with Gasteiger partial charge in [-0.05, 0) is 24.3 Å². The van der Waals surface area contributed by atoms with Crippen LogP contribution >= 0.6 is 0 Å². The first-order chi connectivity index (χ1) is 11.8. The van der Waals surface area contributed by atoms with Gasteiger partial charge in [0, 0.05) is 16.8 Å². The fourth-order valence-corrected chi connectivity index (χ4v) is 2.40. The number of amidine groups is 1. The quantitative estimate of drug-likeness (QED) is 0.428.